The number of ketones is 1. The lowest BCUT2D eigenvalue weighted by molar-refractivity contribution is 0.103. The highest BCUT2D eigenvalue weighted by Gasteiger charge is 2.29. The molecule has 6 nitrogen and oxygen atoms in total. The molecule has 1 N–H and O–H groups in total. The number of hydrogen-bond donors (Lipinski definition) is 1. The Bertz CT molecular complexity index is 1260. The molecule has 1 aromatic carbocycles. The summed E-state index contributed by atoms with van der Waals surface area (Å²) in [6.45, 7) is 7.61. The van der Waals surface area contributed by atoms with Crippen LogP contribution < -0.4 is 0 Å². The van der Waals surface area contributed by atoms with Gasteiger partial charge in [0, 0.05) is 28.9 Å². The number of carbonyl (C=O) groups is 1. The van der Waals surface area contributed by atoms with E-state index in [9.17, 15) is 4.79 Å². The molecule has 1 fully saturated rings. The van der Waals surface area contributed by atoms with Gasteiger partial charge in [-0.25, -0.2) is 4.98 Å². The summed E-state index contributed by atoms with van der Waals surface area (Å²) in [7, 11) is 0. The third-order valence-electron chi connectivity index (χ3n) is 5.62. The number of nitrogens with zero attached hydrogens (tertiary/aromatic N) is 3. The van der Waals surface area contributed by atoms with Crippen LogP contribution in [-0.2, 0) is 0 Å². The molecule has 0 unspecified atom stereocenters. The van der Waals surface area contributed by atoms with Gasteiger partial charge in [-0.15, -0.1) is 0 Å². The minimum Gasteiger partial charge on any atom is -0.361 e. The Morgan fingerprint density at radius 1 is 1.10 bits per heavy atom. The number of imidazole rings is 1. The summed E-state index contributed by atoms with van der Waals surface area (Å²) in [6.07, 6.45) is 4.03. The van der Waals surface area contributed by atoms with E-state index in [4.69, 9.17) is 9.51 Å². The highest BCUT2D eigenvalue weighted by Crippen LogP contribution is 2.40. The molecule has 1 aliphatic carbocycles. The quantitative estimate of drug-likeness (QED) is 0.501. The van der Waals surface area contributed by atoms with Crippen LogP contribution in [0.4, 0.5) is 0 Å². The molecule has 29 heavy (non-hydrogen) atoms. The first-order valence-electron chi connectivity index (χ1n) is 9.87. The molecule has 0 radical (unpaired) electrons. The molecule has 0 saturated heterocycles. The number of aromatic nitrogens is 4. The summed E-state index contributed by atoms with van der Waals surface area (Å²) < 4.78 is 5.37. The van der Waals surface area contributed by atoms with Crippen molar-refractivity contribution in [2.45, 2.75) is 46.5 Å². The number of fused-ring (bicyclic) bond motifs is 1. The maximum absolute atomic E-state index is 13.6. The van der Waals surface area contributed by atoms with E-state index in [1.165, 1.54) is 0 Å². The average Bonchev–Trinajstić information content (AvgIpc) is 3.37. The van der Waals surface area contributed by atoms with E-state index in [1.54, 1.807) is 6.20 Å². The first-order valence-corrected chi connectivity index (χ1v) is 9.87. The van der Waals surface area contributed by atoms with Crippen LogP contribution >= 0.6 is 0 Å². The van der Waals surface area contributed by atoms with Gasteiger partial charge >= 0.3 is 0 Å². The van der Waals surface area contributed by atoms with Crippen LogP contribution in [0.2, 0.25) is 0 Å². The molecule has 146 valence electrons. The second-order valence-corrected chi connectivity index (χ2v) is 7.99. The number of H-pyrrole nitrogens is 1. The van der Waals surface area contributed by atoms with E-state index in [2.05, 4.69) is 15.1 Å². The molecule has 3 heterocycles. The Labute approximate surface area is 168 Å². The second-order valence-electron chi connectivity index (χ2n) is 7.99. The Balaban J connectivity index is 1.76. The lowest BCUT2D eigenvalue weighted by Crippen LogP contribution is -2.06. The summed E-state index contributed by atoms with van der Waals surface area (Å²) in [4.78, 5) is 26.2. The molecular formula is C23H22N4O2. The van der Waals surface area contributed by atoms with Gasteiger partial charge in [0.1, 0.15) is 11.6 Å². The number of benzene rings is 1. The number of nitrogens with one attached hydrogen (secondary N) is 1. The zero-order valence-electron chi connectivity index (χ0n) is 17.0. The van der Waals surface area contributed by atoms with Crippen LogP contribution in [-0.4, -0.2) is 25.9 Å². The highest BCUT2D eigenvalue weighted by molar-refractivity contribution is 6.16. The van der Waals surface area contributed by atoms with Crippen LogP contribution in [0.15, 0.2) is 28.9 Å². The first-order chi connectivity index (χ1) is 13.9. The van der Waals surface area contributed by atoms with Gasteiger partial charge in [0.05, 0.1) is 22.3 Å². The molecule has 0 atom stereocenters. The topological polar surface area (TPSA) is 84.7 Å². The molecule has 0 aliphatic heterocycles. The number of aryl methyl sites for hydroxylation is 4. The second kappa shape index (κ2) is 6.37. The fraction of sp³-hybridized carbons (Fsp3) is 0.304. The van der Waals surface area contributed by atoms with Crippen LogP contribution in [0.25, 0.3) is 22.2 Å². The van der Waals surface area contributed by atoms with Gasteiger partial charge in [0.15, 0.2) is 5.78 Å². The molecular weight excluding hydrogens is 364 g/mol. The minimum atomic E-state index is -0.0412. The summed E-state index contributed by atoms with van der Waals surface area (Å²) in [5.41, 5.74) is 7.15. The third-order valence-corrected chi connectivity index (χ3v) is 5.62. The molecule has 6 heteroatoms. The largest absolute Gasteiger partial charge is 0.361 e. The first kappa shape index (κ1) is 17.8. The average molecular weight is 386 g/mol. The van der Waals surface area contributed by atoms with Crippen LogP contribution in [0.3, 0.4) is 0 Å². The van der Waals surface area contributed by atoms with Crippen molar-refractivity contribution in [3.05, 3.63) is 64.1 Å². The van der Waals surface area contributed by atoms with Gasteiger partial charge in [-0.3, -0.25) is 9.78 Å². The van der Waals surface area contributed by atoms with Crippen molar-refractivity contribution in [2.75, 3.05) is 0 Å². The molecule has 0 bridgehead atoms. The number of carbonyl (C=O) groups excluding carboxylic acids is 1. The van der Waals surface area contributed by atoms with Gasteiger partial charge in [-0.2, -0.15) is 0 Å². The van der Waals surface area contributed by atoms with E-state index in [0.29, 0.717) is 17.0 Å². The SMILES string of the molecule is Cc1cc(C(=O)c2cc(-c3c(C)noc3C)cc3[nH]c(C4CC4)nc23)c(C)cn1. The number of pyridine rings is 1. The fourth-order valence-electron chi connectivity index (χ4n) is 3.92. The van der Waals surface area contributed by atoms with E-state index >= 15 is 0 Å². The summed E-state index contributed by atoms with van der Waals surface area (Å²) >= 11 is 0. The van der Waals surface area contributed by atoms with Crippen molar-refractivity contribution in [3.8, 4) is 11.1 Å². The number of aromatic amines is 1. The van der Waals surface area contributed by atoms with Crippen molar-refractivity contribution >= 4 is 16.8 Å². The van der Waals surface area contributed by atoms with Gasteiger partial charge in [0.2, 0.25) is 0 Å². The van der Waals surface area contributed by atoms with Gasteiger partial charge in [-0.1, -0.05) is 5.16 Å². The minimum absolute atomic E-state index is 0.0412. The molecule has 3 aromatic heterocycles. The van der Waals surface area contributed by atoms with Gasteiger partial charge in [-0.05, 0) is 69.9 Å². The Hall–Kier alpha value is -3.28. The zero-order valence-corrected chi connectivity index (χ0v) is 17.0. The molecule has 1 saturated carbocycles. The third kappa shape index (κ3) is 2.95. The van der Waals surface area contributed by atoms with E-state index in [0.717, 1.165) is 63.5 Å². The monoisotopic (exact) mass is 386 g/mol. The van der Waals surface area contributed by atoms with E-state index < -0.39 is 0 Å². The van der Waals surface area contributed by atoms with Crippen molar-refractivity contribution in [2.24, 2.45) is 0 Å². The molecule has 1 aliphatic rings. The van der Waals surface area contributed by atoms with E-state index in [-0.39, 0.29) is 5.78 Å². The Morgan fingerprint density at radius 2 is 1.90 bits per heavy atom. The normalized spacial score (nSPS) is 13.9. The standard InChI is InChI=1S/C23H22N4O2/c1-11-10-24-12(2)7-17(11)22(28)18-8-16(20-13(3)27-29-14(20)4)9-19-21(18)26-23(25-19)15-5-6-15/h7-10,15H,5-6H2,1-4H3,(H,25,26). The predicted octanol–water partition coefficient (Wildman–Crippen LogP) is 4.95. The maximum atomic E-state index is 13.6. The molecule has 5 rings (SSSR count). The lowest BCUT2D eigenvalue weighted by atomic mass is 9.94. The Kier molecular flexibility index (Phi) is 3.91. The van der Waals surface area contributed by atoms with Gasteiger partial charge < -0.3 is 9.51 Å². The molecule has 0 spiro atoms. The highest BCUT2D eigenvalue weighted by atomic mass is 16.5. The van der Waals surface area contributed by atoms with Crippen molar-refractivity contribution in [1.82, 2.24) is 20.1 Å². The van der Waals surface area contributed by atoms with Crippen LogP contribution in [0.1, 0.15) is 63.2 Å². The van der Waals surface area contributed by atoms with Crippen molar-refractivity contribution < 1.29 is 9.32 Å². The molecule has 0 amide bonds. The number of hydrogen-bond acceptors (Lipinski definition) is 5. The van der Waals surface area contributed by atoms with Crippen molar-refractivity contribution in [1.29, 1.82) is 0 Å². The van der Waals surface area contributed by atoms with Crippen LogP contribution in [0.5, 0.6) is 0 Å². The van der Waals surface area contributed by atoms with Crippen molar-refractivity contribution in [3.63, 3.8) is 0 Å². The summed E-state index contributed by atoms with van der Waals surface area (Å²) in [5, 5.41) is 4.08. The smallest absolute Gasteiger partial charge is 0.195 e. The van der Waals surface area contributed by atoms with E-state index in [1.807, 2.05) is 45.9 Å². The zero-order chi connectivity index (χ0) is 20.3. The van der Waals surface area contributed by atoms with Gasteiger partial charge in [0.25, 0.3) is 0 Å². The summed E-state index contributed by atoms with van der Waals surface area (Å²) in [5.74, 6) is 2.13. The van der Waals surface area contributed by atoms with Crippen LogP contribution in [0, 0.1) is 27.7 Å². The predicted molar refractivity (Wildman–Crippen MR) is 110 cm³/mol. The Morgan fingerprint density at radius 3 is 2.59 bits per heavy atom. The fourth-order valence-corrected chi connectivity index (χ4v) is 3.92. The maximum Gasteiger partial charge on any atom is 0.195 e. The summed E-state index contributed by atoms with van der Waals surface area (Å²) in [6, 6.07) is 5.81. The molecule has 4 aromatic rings. The lowest BCUT2D eigenvalue weighted by Gasteiger charge is -2.09. The number of rotatable bonds is 4.